The van der Waals surface area contributed by atoms with Gasteiger partial charge in [-0.3, -0.25) is 10.1 Å². The minimum Gasteiger partial charge on any atom is -0.389 e. The molecule has 1 aliphatic heterocycles. The maximum Gasteiger partial charge on any atom is 0.269 e. The van der Waals surface area contributed by atoms with Crippen LogP contribution in [0.25, 0.3) is 0 Å². The van der Waals surface area contributed by atoms with Crippen LogP contribution in [0.1, 0.15) is 43.7 Å². The standard InChI is InChI=1S/C15H20N2O3.ClH/c18-15-7-2-1-6-13(15)14(16-9-8-15)11-4-3-5-12(10-11)17(19)20;/h3-5,10,13-14,16,18H,1-2,6-9H2;1H/t13-,14-,15+;/m1./s1. The Morgan fingerprint density at radius 1 is 1.33 bits per heavy atom. The quantitative estimate of drug-likeness (QED) is 0.650. The van der Waals surface area contributed by atoms with E-state index in [2.05, 4.69) is 5.32 Å². The molecule has 1 aromatic rings. The van der Waals surface area contributed by atoms with Crippen molar-refractivity contribution in [3.63, 3.8) is 0 Å². The molecular formula is C15H21ClN2O3. The molecule has 0 spiro atoms. The van der Waals surface area contributed by atoms with Crippen LogP contribution in [0.2, 0.25) is 0 Å². The van der Waals surface area contributed by atoms with Crippen LogP contribution < -0.4 is 5.32 Å². The largest absolute Gasteiger partial charge is 0.389 e. The number of halogens is 1. The molecule has 5 nitrogen and oxygen atoms in total. The average Bonchev–Trinajstić information content (AvgIpc) is 2.46. The molecule has 0 unspecified atom stereocenters. The molecule has 3 atom stereocenters. The van der Waals surface area contributed by atoms with Gasteiger partial charge in [-0.05, 0) is 31.4 Å². The highest BCUT2D eigenvalue weighted by molar-refractivity contribution is 5.85. The number of non-ortho nitro benzene ring substituents is 1. The summed E-state index contributed by atoms with van der Waals surface area (Å²) in [6.45, 7) is 0.764. The number of nitro benzene ring substituents is 1. The van der Waals surface area contributed by atoms with Crippen LogP contribution >= 0.6 is 12.4 Å². The summed E-state index contributed by atoms with van der Waals surface area (Å²) in [5, 5.41) is 25.2. The Kier molecular flexibility index (Phi) is 4.86. The second-order valence-electron chi connectivity index (χ2n) is 5.99. The van der Waals surface area contributed by atoms with Gasteiger partial charge >= 0.3 is 0 Å². The molecule has 116 valence electrons. The number of piperidine rings is 1. The van der Waals surface area contributed by atoms with Gasteiger partial charge < -0.3 is 10.4 Å². The summed E-state index contributed by atoms with van der Waals surface area (Å²) in [6, 6.07) is 6.82. The lowest BCUT2D eigenvalue weighted by Crippen LogP contribution is -2.53. The van der Waals surface area contributed by atoms with Crippen LogP contribution in [0, 0.1) is 16.0 Å². The predicted molar refractivity (Wildman–Crippen MR) is 82.6 cm³/mol. The molecule has 21 heavy (non-hydrogen) atoms. The van der Waals surface area contributed by atoms with Crippen molar-refractivity contribution in [2.45, 2.75) is 43.7 Å². The molecule has 0 aromatic heterocycles. The van der Waals surface area contributed by atoms with Crippen molar-refractivity contribution < 1.29 is 10.0 Å². The van der Waals surface area contributed by atoms with E-state index in [1.165, 1.54) is 6.07 Å². The number of nitrogens with one attached hydrogen (secondary N) is 1. The van der Waals surface area contributed by atoms with Gasteiger partial charge in [0.25, 0.3) is 5.69 Å². The van der Waals surface area contributed by atoms with Crippen molar-refractivity contribution in [2.24, 2.45) is 5.92 Å². The van der Waals surface area contributed by atoms with Crippen molar-refractivity contribution in [1.82, 2.24) is 5.32 Å². The van der Waals surface area contributed by atoms with Crippen molar-refractivity contribution >= 4 is 18.1 Å². The first-order chi connectivity index (χ1) is 9.60. The number of rotatable bonds is 2. The van der Waals surface area contributed by atoms with Crippen LogP contribution in [-0.4, -0.2) is 22.2 Å². The van der Waals surface area contributed by atoms with Gasteiger partial charge in [0.1, 0.15) is 0 Å². The van der Waals surface area contributed by atoms with E-state index in [9.17, 15) is 15.2 Å². The molecule has 0 amide bonds. The number of hydrogen-bond acceptors (Lipinski definition) is 4. The van der Waals surface area contributed by atoms with E-state index < -0.39 is 5.60 Å². The third kappa shape index (κ3) is 3.05. The molecule has 1 aliphatic carbocycles. The van der Waals surface area contributed by atoms with Crippen LogP contribution in [0.5, 0.6) is 0 Å². The Hall–Kier alpha value is -1.17. The van der Waals surface area contributed by atoms with Gasteiger partial charge in [-0.25, -0.2) is 0 Å². The van der Waals surface area contributed by atoms with Crippen molar-refractivity contribution in [1.29, 1.82) is 0 Å². The molecule has 1 heterocycles. The SMILES string of the molecule is Cl.O=[N+]([O-])c1cccc([C@H]2NCC[C@@]3(O)CCCC[C@H]23)c1. The van der Waals surface area contributed by atoms with E-state index >= 15 is 0 Å². The van der Waals surface area contributed by atoms with Gasteiger partial charge in [0.05, 0.1) is 10.5 Å². The predicted octanol–water partition coefficient (Wildman–Crippen LogP) is 2.97. The highest BCUT2D eigenvalue weighted by Gasteiger charge is 2.45. The molecule has 1 saturated carbocycles. The van der Waals surface area contributed by atoms with E-state index in [1.807, 2.05) is 6.07 Å². The zero-order chi connectivity index (χ0) is 14.2. The Balaban J connectivity index is 0.00000161. The summed E-state index contributed by atoms with van der Waals surface area (Å²) in [7, 11) is 0. The summed E-state index contributed by atoms with van der Waals surface area (Å²) in [5.41, 5.74) is 0.442. The van der Waals surface area contributed by atoms with Gasteiger partial charge in [0, 0.05) is 24.1 Å². The lowest BCUT2D eigenvalue weighted by molar-refractivity contribution is -0.385. The number of hydrogen-bond donors (Lipinski definition) is 2. The highest BCUT2D eigenvalue weighted by atomic mass is 35.5. The molecular weight excluding hydrogens is 292 g/mol. The lowest BCUT2D eigenvalue weighted by atomic mass is 9.67. The van der Waals surface area contributed by atoms with Crippen molar-refractivity contribution in [3.8, 4) is 0 Å². The molecule has 2 fully saturated rings. The number of nitrogens with zero attached hydrogens (tertiary/aromatic N) is 1. The molecule has 2 aliphatic rings. The molecule has 6 heteroatoms. The molecule has 1 aromatic carbocycles. The van der Waals surface area contributed by atoms with Crippen molar-refractivity contribution in [2.75, 3.05) is 6.54 Å². The molecule has 0 bridgehead atoms. The molecule has 2 N–H and O–H groups in total. The normalized spacial score (nSPS) is 31.9. The molecule has 0 radical (unpaired) electrons. The smallest absolute Gasteiger partial charge is 0.269 e. The van der Waals surface area contributed by atoms with Gasteiger partial charge in [-0.15, -0.1) is 12.4 Å². The fourth-order valence-electron chi connectivity index (χ4n) is 3.81. The van der Waals surface area contributed by atoms with E-state index in [4.69, 9.17) is 0 Å². The molecule has 1 saturated heterocycles. The number of benzene rings is 1. The Labute approximate surface area is 130 Å². The number of aliphatic hydroxyl groups is 1. The fraction of sp³-hybridized carbons (Fsp3) is 0.600. The first kappa shape index (κ1) is 16.2. The Morgan fingerprint density at radius 2 is 2.14 bits per heavy atom. The minimum absolute atomic E-state index is 0. The summed E-state index contributed by atoms with van der Waals surface area (Å²) >= 11 is 0. The Bertz CT molecular complexity index is 521. The van der Waals surface area contributed by atoms with Gasteiger partial charge in [0.15, 0.2) is 0 Å². The lowest BCUT2D eigenvalue weighted by Gasteiger charge is -2.48. The van der Waals surface area contributed by atoms with Crippen LogP contribution in [-0.2, 0) is 0 Å². The van der Waals surface area contributed by atoms with Crippen LogP contribution in [0.3, 0.4) is 0 Å². The summed E-state index contributed by atoms with van der Waals surface area (Å²) < 4.78 is 0. The van der Waals surface area contributed by atoms with Gasteiger partial charge in [-0.2, -0.15) is 0 Å². The number of nitro groups is 1. The van der Waals surface area contributed by atoms with Crippen LogP contribution in [0.4, 0.5) is 5.69 Å². The van der Waals surface area contributed by atoms with E-state index in [0.29, 0.717) is 0 Å². The first-order valence-electron chi connectivity index (χ1n) is 7.30. The van der Waals surface area contributed by atoms with Crippen molar-refractivity contribution in [3.05, 3.63) is 39.9 Å². The third-order valence-electron chi connectivity index (χ3n) is 4.83. The average molecular weight is 313 g/mol. The van der Waals surface area contributed by atoms with Gasteiger partial charge in [-0.1, -0.05) is 25.0 Å². The molecule has 3 rings (SSSR count). The Morgan fingerprint density at radius 3 is 2.90 bits per heavy atom. The number of fused-ring (bicyclic) bond motifs is 1. The zero-order valence-electron chi connectivity index (χ0n) is 11.8. The van der Waals surface area contributed by atoms with E-state index in [1.54, 1.807) is 12.1 Å². The monoisotopic (exact) mass is 312 g/mol. The summed E-state index contributed by atoms with van der Waals surface area (Å²) in [5.74, 6) is 0.159. The first-order valence-corrected chi connectivity index (χ1v) is 7.30. The van der Waals surface area contributed by atoms with Crippen LogP contribution in [0.15, 0.2) is 24.3 Å². The van der Waals surface area contributed by atoms with E-state index in [0.717, 1.165) is 44.2 Å². The maximum absolute atomic E-state index is 10.9. The second kappa shape index (κ2) is 6.30. The highest BCUT2D eigenvalue weighted by Crippen LogP contribution is 2.45. The maximum atomic E-state index is 10.9. The summed E-state index contributed by atoms with van der Waals surface area (Å²) in [4.78, 5) is 10.6. The zero-order valence-corrected chi connectivity index (χ0v) is 12.6. The second-order valence-corrected chi connectivity index (χ2v) is 5.99. The minimum atomic E-state index is -0.598. The van der Waals surface area contributed by atoms with Gasteiger partial charge in [0.2, 0.25) is 0 Å². The third-order valence-corrected chi connectivity index (χ3v) is 4.83. The summed E-state index contributed by atoms with van der Waals surface area (Å²) in [6.07, 6.45) is 4.82. The van der Waals surface area contributed by atoms with E-state index in [-0.39, 0.29) is 35.0 Å². The topological polar surface area (TPSA) is 75.4 Å². The fourth-order valence-corrected chi connectivity index (χ4v) is 3.81.